The lowest BCUT2D eigenvalue weighted by atomic mass is 10.1. The SMILES string of the molecule is CCC(C)(C)O.CN1CCOCC1. The number of hydrogen-bond donors (Lipinski definition) is 1. The van der Waals surface area contributed by atoms with E-state index in [2.05, 4.69) is 11.9 Å². The van der Waals surface area contributed by atoms with E-state index in [1.54, 1.807) is 13.8 Å². The second-order valence-electron chi connectivity index (χ2n) is 4.08. The van der Waals surface area contributed by atoms with Crippen LogP contribution in [0.25, 0.3) is 0 Å². The molecule has 1 saturated heterocycles. The molecule has 80 valence electrons. The average Bonchev–Trinajstić information content (AvgIpc) is 2.06. The van der Waals surface area contributed by atoms with Crippen molar-refractivity contribution in [1.82, 2.24) is 4.90 Å². The molecule has 0 aromatic carbocycles. The topological polar surface area (TPSA) is 32.7 Å². The second-order valence-corrected chi connectivity index (χ2v) is 4.08. The monoisotopic (exact) mass is 189 g/mol. The summed E-state index contributed by atoms with van der Waals surface area (Å²) in [5.41, 5.74) is -0.458. The predicted octanol–water partition coefficient (Wildman–Crippen LogP) is 1.12. The highest BCUT2D eigenvalue weighted by Crippen LogP contribution is 2.03. The van der Waals surface area contributed by atoms with Gasteiger partial charge in [-0.1, -0.05) is 6.92 Å². The van der Waals surface area contributed by atoms with Crippen LogP contribution in [0.15, 0.2) is 0 Å². The lowest BCUT2D eigenvalue weighted by Crippen LogP contribution is -2.32. The van der Waals surface area contributed by atoms with Gasteiger partial charge < -0.3 is 14.7 Å². The lowest BCUT2D eigenvalue weighted by Gasteiger charge is -2.21. The Morgan fingerprint density at radius 3 is 1.85 bits per heavy atom. The van der Waals surface area contributed by atoms with E-state index in [1.807, 2.05) is 6.92 Å². The molecule has 0 aromatic rings. The number of ether oxygens (including phenoxy) is 1. The fourth-order valence-electron chi connectivity index (χ4n) is 0.655. The van der Waals surface area contributed by atoms with Crippen LogP contribution in [0, 0.1) is 0 Å². The van der Waals surface area contributed by atoms with Gasteiger partial charge in [-0.3, -0.25) is 0 Å². The number of morpholine rings is 1. The van der Waals surface area contributed by atoms with Crippen molar-refractivity contribution in [1.29, 1.82) is 0 Å². The van der Waals surface area contributed by atoms with Gasteiger partial charge in [0.1, 0.15) is 0 Å². The smallest absolute Gasteiger partial charge is 0.0594 e. The minimum atomic E-state index is -0.458. The van der Waals surface area contributed by atoms with Crippen LogP contribution in [0.5, 0.6) is 0 Å². The van der Waals surface area contributed by atoms with Gasteiger partial charge in [0.05, 0.1) is 18.8 Å². The lowest BCUT2D eigenvalue weighted by molar-refractivity contribution is 0.0503. The molecule has 1 heterocycles. The Morgan fingerprint density at radius 2 is 1.69 bits per heavy atom. The second kappa shape index (κ2) is 6.35. The number of likely N-dealkylation sites (N-methyl/N-ethyl adjacent to an activating group) is 1. The van der Waals surface area contributed by atoms with Crippen LogP contribution in [0.2, 0.25) is 0 Å². The number of hydrogen-bond acceptors (Lipinski definition) is 3. The Hall–Kier alpha value is -0.120. The number of nitrogens with zero attached hydrogens (tertiary/aromatic N) is 1. The molecule has 13 heavy (non-hydrogen) atoms. The molecule has 1 aliphatic heterocycles. The molecule has 0 amide bonds. The van der Waals surface area contributed by atoms with Crippen LogP contribution in [-0.2, 0) is 4.74 Å². The van der Waals surface area contributed by atoms with Gasteiger partial charge in [-0.25, -0.2) is 0 Å². The van der Waals surface area contributed by atoms with E-state index in [0.717, 1.165) is 32.7 Å². The van der Waals surface area contributed by atoms with Crippen LogP contribution in [0.3, 0.4) is 0 Å². The quantitative estimate of drug-likeness (QED) is 0.671. The number of rotatable bonds is 1. The highest BCUT2D eigenvalue weighted by molar-refractivity contribution is 4.59. The molecule has 1 N–H and O–H groups in total. The summed E-state index contributed by atoms with van der Waals surface area (Å²) < 4.78 is 5.10. The van der Waals surface area contributed by atoms with E-state index in [4.69, 9.17) is 9.84 Å². The number of aliphatic hydroxyl groups is 1. The standard InChI is InChI=1S/C5H11NO.C5H12O/c1-6-2-4-7-5-3-6;1-4-5(2,3)6/h2-5H2,1H3;6H,4H2,1-3H3. The Morgan fingerprint density at radius 1 is 1.31 bits per heavy atom. The summed E-state index contributed by atoms with van der Waals surface area (Å²) in [4.78, 5) is 2.27. The van der Waals surface area contributed by atoms with E-state index < -0.39 is 5.60 Å². The minimum absolute atomic E-state index is 0.458. The van der Waals surface area contributed by atoms with Crippen LogP contribution >= 0.6 is 0 Å². The molecule has 0 atom stereocenters. The van der Waals surface area contributed by atoms with Crippen molar-refractivity contribution in [3.63, 3.8) is 0 Å². The third kappa shape index (κ3) is 9.80. The third-order valence-corrected chi connectivity index (χ3v) is 2.10. The van der Waals surface area contributed by atoms with Crippen LogP contribution in [-0.4, -0.2) is 49.0 Å². The summed E-state index contributed by atoms with van der Waals surface area (Å²) in [6, 6.07) is 0. The van der Waals surface area contributed by atoms with Gasteiger partial charge in [0.25, 0.3) is 0 Å². The fraction of sp³-hybridized carbons (Fsp3) is 1.00. The highest BCUT2D eigenvalue weighted by atomic mass is 16.5. The zero-order chi connectivity index (χ0) is 10.3. The van der Waals surface area contributed by atoms with Gasteiger partial charge in [-0.15, -0.1) is 0 Å². The zero-order valence-corrected chi connectivity index (χ0v) is 9.34. The molecule has 3 nitrogen and oxygen atoms in total. The molecule has 1 aliphatic rings. The van der Waals surface area contributed by atoms with Crippen molar-refractivity contribution < 1.29 is 9.84 Å². The van der Waals surface area contributed by atoms with Gasteiger partial charge in [0, 0.05) is 13.1 Å². The summed E-state index contributed by atoms with van der Waals surface area (Å²) in [6.07, 6.45) is 0.826. The largest absolute Gasteiger partial charge is 0.390 e. The van der Waals surface area contributed by atoms with Gasteiger partial charge >= 0.3 is 0 Å². The summed E-state index contributed by atoms with van der Waals surface area (Å²) in [5, 5.41) is 8.83. The molecule has 0 spiro atoms. The van der Waals surface area contributed by atoms with Gasteiger partial charge in [-0.05, 0) is 27.3 Å². The maximum absolute atomic E-state index is 8.83. The molecule has 1 rings (SSSR count). The first-order chi connectivity index (χ1) is 5.95. The van der Waals surface area contributed by atoms with Gasteiger partial charge in [0.2, 0.25) is 0 Å². The Balaban J connectivity index is 0.000000226. The van der Waals surface area contributed by atoms with Crippen molar-refractivity contribution >= 4 is 0 Å². The third-order valence-electron chi connectivity index (χ3n) is 2.10. The molecular formula is C10H23NO2. The van der Waals surface area contributed by atoms with Crippen molar-refractivity contribution in [2.45, 2.75) is 32.8 Å². The van der Waals surface area contributed by atoms with E-state index in [0.29, 0.717) is 0 Å². The van der Waals surface area contributed by atoms with Crippen LogP contribution < -0.4 is 0 Å². The van der Waals surface area contributed by atoms with E-state index >= 15 is 0 Å². The minimum Gasteiger partial charge on any atom is -0.390 e. The highest BCUT2D eigenvalue weighted by Gasteiger charge is 2.05. The Kier molecular flexibility index (Phi) is 6.29. The van der Waals surface area contributed by atoms with E-state index in [1.165, 1.54) is 0 Å². The first-order valence-corrected chi connectivity index (χ1v) is 4.94. The van der Waals surface area contributed by atoms with Crippen molar-refractivity contribution in [2.24, 2.45) is 0 Å². The normalized spacial score (nSPS) is 19.2. The van der Waals surface area contributed by atoms with E-state index in [9.17, 15) is 0 Å². The fourth-order valence-corrected chi connectivity index (χ4v) is 0.655. The summed E-state index contributed by atoms with van der Waals surface area (Å²) in [6.45, 7) is 9.58. The molecular weight excluding hydrogens is 166 g/mol. The molecule has 0 saturated carbocycles. The maximum atomic E-state index is 8.83. The van der Waals surface area contributed by atoms with Gasteiger partial charge in [-0.2, -0.15) is 0 Å². The summed E-state index contributed by atoms with van der Waals surface area (Å²) >= 11 is 0. The van der Waals surface area contributed by atoms with Crippen molar-refractivity contribution in [3.05, 3.63) is 0 Å². The Bertz CT molecular complexity index is 115. The first kappa shape index (κ1) is 12.9. The first-order valence-electron chi connectivity index (χ1n) is 4.94. The average molecular weight is 189 g/mol. The molecule has 3 heteroatoms. The van der Waals surface area contributed by atoms with Crippen molar-refractivity contribution in [3.8, 4) is 0 Å². The van der Waals surface area contributed by atoms with E-state index in [-0.39, 0.29) is 0 Å². The molecule has 0 aliphatic carbocycles. The molecule has 0 unspecified atom stereocenters. The molecule has 0 aromatic heterocycles. The summed E-state index contributed by atoms with van der Waals surface area (Å²) in [7, 11) is 2.11. The Labute approximate surface area is 81.7 Å². The van der Waals surface area contributed by atoms with Crippen LogP contribution in [0.1, 0.15) is 27.2 Å². The molecule has 0 radical (unpaired) electrons. The predicted molar refractivity (Wildman–Crippen MR) is 54.9 cm³/mol. The maximum Gasteiger partial charge on any atom is 0.0594 e. The van der Waals surface area contributed by atoms with Gasteiger partial charge in [0.15, 0.2) is 0 Å². The van der Waals surface area contributed by atoms with Crippen LogP contribution in [0.4, 0.5) is 0 Å². The zero-order valence-electron chi connectivity index (χ0n) is 9.34. The summed E-state index contributed by atoms with van der Waals surface area (Å²) in [5.74, 6) is 0. The van der Waals surface area contributed by atoms with Crippen molar-refractivity contribution in [2.75, 3.05) is 33.4 Å². The molecule has 0 bridgehead atoms. The molecule has 1 fully saturated rings.